The number of nitrogens with one attached hydrogen (secondary N) is 4. The maximum Gasteiger partial charge on any atom is 0.315 e. The molecular formula is C26H47BrN4O6S. The molecule has 2 fully saturated rings. The van der Waals surface area contributed by atoms with E-state index in [-0.39, 0.29) is 29.9 Å². The fourth-order valence-corrected chi connectivity index (χ4v) is 6.29. The van der Waals surface area contributed by atoms with Gasteiger partial charge in [-0.25, -0.2) is 4.79 Å². The fraction of sp³-hybridized carbons (Fsp3) is 0.885. The topological polar surface area (TPSA) is 127 Å². The van der Waals surface area contributed by atoms with Crippen LogP contribution in [-0.4, -0.2) is 99.0 Å². The maximum atomic E-state index is 12.0. The van der Waals surface area contributed by atoms with Crippen LogP contribution in [0.25, 0.3) is 0 Å². The Balaban J connectivity index is 1.25. The Morgan fingerprint density at radius 1 is 0.789 bits per heavy atom. The van der Waals surface area contributed by atoms with Crippen molar-refractivity contribution in [2.45, 2.75) is 81.5 Å². The maximum absolute atomic E-state index is 12.0. The van der Waals surface area contributed by atoms with E-state index in [4.69, 9.17) is 14.2 Å². The van der Waals surface area contributed by atoms with Gasteiger partial charge in [0, 0.05) is 55.5 Å². The minimum absolute atomic E-state index is 0.0518. The molecule has 2 rings (SSSR count). The van der Waals surface area contributed by atoms with Gasteiger partial charge in [-0.1, -0.05) is 28.8 Å². The van der Waals surface area contributed by atoms with E-state index in [1.807, 2.05) is 11.8 Å². The summed E-state index contributed by atoms with van der Waals surface area (Å²) in [7, 11) is 0. The lowest BCUT2D eigenvalue weighted by molar-refractivity contribution is -0.122. The van der Waals surface area contributed by atoms with Gasteiger partial charge in [0.15, 0.2) is 0 Å². The van der Waals surface area contributed by atoms with Crippen LogP contribution < -0.4 is 21.3 Å². The number of alkyl halides is 1. The average Bonchev–Trinajstić information content (AvgIpc) is 3.46. The van der Waals surface area contributed by atoms with Crippen LogP contribution in [0.2, 0.25) is 0 Å². The summed E-state index contributed by atoms with van der Waals surface area (Å²) >= 11 is 5.30. The third-order valence-corrected chi connectivity index (χ3v) is 8.51. The molecule has 0 radical (unpaired) electrons. The summed E-state index contributed by atoms with van der Waals surface area (Å²) in [4.78, 5) is 35.1. The van der Waals surface area contributed by atoms with E-state index >= 15 is 0 Å². The SMILES string of the molecule is O=C(CCCCCBr)NCCCOCCOCCOCCCNC(=O)CCCCC1SCC2NC(=O)NC21. The number of carbonyl (C=O) groups is 3. The number of thioether (sulfide) groups is 1. The molecule has 0 aromatic rings. The number of fused-ring (bicyclic) bond motifs is 1. The Labute approximate surface area is 240 Å². The Bertz CT molecular complexity index is 678. The van der Waals surface area contributed by atoms with Crippen LogP contribution >= 0.6 is 27.7 Å². The highest BCUT2D eigenvalue weighted by molar-refractivity contribution is 9.09. The first-order valence-corrected chi connectivity index (χ1v) is 16.3. The van der Waals surface area contributed by atoms with Crippen LogP contribution in [0.15, 0.2) is 0 Å². The first-order valence-electron chi connectivity index (χ1n) is 14.1. The van der Waals surface area contributed by atoms with Crippen molar-refractivity contribution < 1.29 is 28.6 Å². The number of unbranched alkanes of at least 4 members (excludes halogenated alkanes) is 3. The summed E-state index contributed by atoms with van der Waals surface area (Å²) in [5.74, 6) is 1.18. The van der Waals surface area contributed by atoms with Gasteiger partial charge in [-0.05, 0) is 38.5 Å². The van der Waals surface area contributed by atoms with Crippen molar-refractivity contribution in [1.29, 1.82) is 0 Å². The molecular weight excluding hydrogens is 576 g/mol. The molecule has 2 heterocycles. The molecule has 10 nitrogen and oxygen atoms in total. The van der Waals surface area contributed by atoms with Crippen molar-refractivity contribution in [3.05, 3.63) is 0 Å². The Hall–Kier alpha value is -1.08. The van der Waals surface area contributed by atoms with Crippen molar-refractivity contribution in [2.24, 2.45) is 0 Å². The van der Waals surface area contributed by atoms with Gasteiger partial charge in [0.25, 0.3) is 0 Å². The molecule has 4 amide bonds. The van der Waals surface area contributed by atoms with E-state index in [0.29, 0.717) is 70.8 Å². The van der Waals surface area contributed by atoms with E-state index in [1.165, 1.54) is 0 Å². The number of ether oxygens (including phenoxy) is 3. The first kappa shape index (κ1) is 33.1. The van der Waals surface area contributed by atoms with Crippen LogP contribution in [0.5, 0.6) is 0 Å². The van der Waals surface area contributed by atoms with Gasteiger partial charge in [0.05, 0.1) is 38.5 Å². The van der Waals surface area contributed by atoms with Crippen molar-refractivity contribution in [3.8, 4) is 0 Å². The van der Waals surface area contributed by atoms with E-state index in [9.17, 15) is 14.4 Å². The number of hydrogen-bond acceptors (Lipinski definition) is 7. The number of urea groups is 1. The molecule has 2 saturated heterocycles. The quantitative estimate of drug-likeness (QED) is 0.0740. The standard InChI is InChI=1S/C26H47BrN4O6S/c27-11-5-1-2-9-23(32)28-12-6-14-35-16-18-37-19-17-36-15-7-13-29-24(33)10-4-3-8-22-25-21(20-38-22)30-26(34)31-25/h21-22,25H,1-20H2,(H,28,32)(H,29,33)(H2,30,31,34). The van der Waals surface area contributed by atoms with Gasteiger partial charge >= 0.3 is 6.03 Å². The summed E-state index contributed by atoms with van der Waals surface area (Å²) in [5, 5.41) is 13.3. The van der Waals surface area contributed by atoms with E-state index < -0.39 is 0 Å². The molecule has 4 N–H and O–H groups in total. The predicted octanol–water partition coefficient (Wildman–Crippen LogP) is 2.73. The number of hydrogen-bond donors (Lipinski definition) is 4. The smallest absolute Gasteiger partial charge is 0.315 e. The summed E-state index contributed by atoms with van der Waals surface area (Å²) < 4.78 is 16.5. The molecule has 3 atom stereocenters. The Morgan fingerprint density at radius 2 is 1.37 bits per heavy atom. The monoisotopic (exact) mass is 622 g/mol. The van der Waals surface area contributed by atoms with Crippen LogP contribution in [0, 0.1) is 0 Å². The Morgan fingerprint density at radius 3 is 1.97 bits per heavy atom. The third kappa shape index (κ3) is 15.5. The fourth-order valence-electron chi connectivity index (χ4n) is 4.35. The van der Waals surface area contributed by atoms with Gasteiger partial charge in [0.2, 0.25) is 11.8 Å². The number of amides is 4. The molecule has 0 bridgehead atoms. The largest absolute Gasteiger partial charge is 0.379 e. The zero-order chi connectivity index (χ0) is 27.3. The molecule has 0 saturated carbocycles. The van der Waals surface area contributed by atoms with Crippen LogP contribution in [0.1, 0.15) is 64.2 Å². The van der Waals surface area contributed by atoms with Gasteiger partial charge < -0.3 is 35.5 Å². The minimum atomic E-state index is -0.0518. The normalized spacial score (nSPS) is 20.1. The second kappa shape index (κ2) is 21.7. The second-order valence-electron chi connectivity index (χ2n) is 9.61. The molecule has 0 aliphatic carbocycles. The lowest BCUT2D eigenvalue weighted by Crippen LogP contribution is -2.36. The number of carbonyl (C=O) groups excluding carboxylic acids is 3. The van der Waals surface area contributed by atoms with Crippen LogP contribution in [-0.2, 0) is 23.8 Å². The molecule has 12 heteroatoms. The number of rotatable bonds is 24. The molecule has 2 aliphatic rings. The highest BCUT2D eigenvalue weighted by Crippen LogP contribution is 2.33. The molecule has 220 valence electrons. The average molecular weight is 624 g/mol. The van der Waals surface area contributed by atoms with Crippen molar-refractivity contribution >= 4 is 45.5 Å². The molecule has 0 spiro atoms. The van der Waals surface area contributed by atoms with E-state index in [1.54, 1.807) is 0 Å². The predicted molar refractivity (Wildman–Crippen MR) is 154 cm³/mol. The zero-order valence-electron chi connectivity index (χ0n) is 22.6. The van der Waals surface area contributed by atoms with Crippen LogP contribution in [0.3, 0.4) is 0 Å². The highest BCUT2D eigenvalue weighted by Gasteiger charge is 2.42. The Kier molecular flexibility index (Phi) is 18.9. The molecule has 38 heavy (non-hydrogen) atoms. The lowest BCUT2D eigenvalue weighted by atomic mass is 10.0. The van der Waals surface area contributed by atoms with Gasteiger partial charge in [-0.15, -0.1) is 0 Å². The highest BCUT2D eigenvalue weighted by atomic mass is 79.9. The zero-order valence-corrected chi connectivity index (χ0v) is 25.0. The van der Waals surface area contributed by atoms with Crippen molar-refractivity contribution in [2.75, 3.05) is 63.8 Å². The molecule has 0 aromatic carbocycles. The van der Waals surface area contributed by atoms with E-state index in [0.717, 1.165) is 62.4 Å². The van der Waals surface area contributed by atoms with Crippen LogP contribution in [0.4, 0.5) is 4.79 Å². The first-order chi connectivity index (χ1) is 18.6. The van der Waals surface area contributed by atoms with Gasteiger partial charge in [-0.2, -0.15) is 11.8 Å². The second-order valence-corrected chi connectivity index (χ2v) is 11.7. The number of halogens is 1. The molecule has 3 unspecified atom stereocenters. The van der Waals surface area contributed by atoms with Crippen molar-refractivity contribution in [1.82, 2.24) is 21.3 Å². The molecule has 2 aliphatic heterocycles. The van der Waals surface area contributed by atoms with Gasteiger partial charge in [0.1, 0.15) is 0 Å². The summed E-state index contributed by atoms with van der Waals surface area (Å²) in [5.41, 5.74) is 0. The summed E-state index contributed by atoms with van der Waals surface area (Å²) in [6.45, 7) is 4.54. The third-order valence-electron chi connectivity index (χ3n) is 6.44. The lowest BCUT2D eigenvalue weighted by Gasteiger charge is -2.16. The van der Waals surface area contributed by atoms with E-state index in [2.05, 4.69) is 37.2 Å². The van der Waals surface area contributed by atoms with Crippen molar-refractivity contribution in [3.63, 3.8) is 0 Å². The summed E-state index contributed by atoms with van der Waals surface area (Å²) in [6, 6.07) is 0.444. The summed E-state index contributed by atoms with van der Waals surface area (Å²) in [6.07, 6.45) is 8.74. The molecule has 0 aromatic heterocycles. The van der Waals surface area contributed by atoms with Gasteiger partial charge in [-0.3, -0.25) is 9.59 Å². The minimum Gasteiger partial charge on any atom is -0.379 e.